The number of carbonyl (C=O) groups excluding carboxylic acids is 1. The average Bonchev–Trinajstić information content (AvgIpc) is 2.35. The minimum Gasteiger partial charge on any atom is -0.479 e. The maximum atomic E-state index is 12.3. The van der Waals surface area contributed by atoms with Gasteiger partial charge in [-0.25, -0.2) is 0 Å². The zero-order chi connectivity index (χ0) is 14.2. The van der Waals surface area contributed by atoms with Crippen LogP contribution in [0.4, 0.5) is 5.69 Å². The molecule has 2 atom stereocenters. The summed E-state index contributed by atoms with van der Waals surface area (Å²) in [6.45, 7) is 4.47. The van der Waals surface area contributed by atoms with Crippen LogP contribution in [0.5, 0.6) is 5.75 Å². The van der Waals surface area contributed by atoms with Gasteiger partial charge in [-0.05, 0) is 46.1 Å². The molecule has 0 radical (unpaired) electrons. The fraction of sp³-hybridized carbons (Fsp3) is 0.500. The van der Waals surface area contributed by atoms with E-state index >= 15 is 0 Å². The molecule has 19 heavy (non-hydrogen) atoms. The zero-order valence-corrected chi connectivity index (χ0v) is 12.4. The Hall–Kier alpha value is -1.26. The minimum atomic E-state index is -0.456. The van der Waals surface area contributed by atoms with E-state index in [2.05, 4.69) is 11.8 Å². The van der Waals surface area contributed by atoms with Gasteiger partial charge in [0.2, 0.25) is 0 Å². The van der Waals surface area contributed by atoms with Crippen LogP contribution in [0, 0.1) is 0 Å². The van der Waals surface area contributed by atoms with E-state index in [0.29, 0.717) is 17.3 Å². The van der Waals surface area contributed by atoms with Gasteiger partial charge < -0.3 is 14.5 Å². The zero-order valence-electron chi connectivity index (χ0n) is 11.7. The van der Waals surface area contributed by atoms with Crippen molar-refractivity contribution in [3.05, 3.63) is 23.2 Å². The fourth-order valence-electron chi connectivity index (χ4n) is 2.00. The number of likely N-dealkylation sites (N-methyl/N-ethyl adjacent to an activating group) is 1. The highest BCUT2D eigenvalue weighted by molar-refractivity contribution is 6.31. The molecule has 2 unspecified atom stereocenters. The van der Waals surface area contributed by atoms with Crippen LogP contribution in [0.1, 0.15) is 13.8 Å². The lowest BCUT2D eigenvalue weighted by molar-refractivity contribution is -0.125. The van der Waals surface area contributed by atoms with Crippen LogP contribution in [-0.4, -0.2) is 43.6 Å². The maximum absolute atomic E-state index is 12.3. The van der Waals surface area contributed by atoms with Crippen LogP contribution in [0.3, 0.4) is 0 Å². The highest BCUT2D eigenvalue weighted by Crippen LogP contribution is 2.36. The smallest absolute Gasteiger partial charge is 0.267 e. The molecule has 1 aromatic rings. The molecule has 0 bridgehead atoms. The fourth-order valence-corrected chi connectivity index (χ4v) is 2.16. The van der Waals surface area contributed by atoms with Gasteiger partial charge in [0.1, 0.15) is 5.75 Å². The summed E-state index contributed by atoms with van der Waals surface area (Å²) in [7, 11) is 4.00. The number of amides is 1. The van der Waals surface area contributed by atoms with Crippen LogP contribution < -0.4 is 9.64 Å². The van der Waals surface area contributed by atoms with Crippen LogP contribution in [-0.2, 0) is 4.79 Å². The molecule has 2 rings (SSSR count). The van der Waals surface area contributed by atoms with Crippen LogP contribution in [0.2, 0.25) is 5.02 Å². The summed E-state index contributed by atoms with van der Waals surface area (Å²) in [5.74, 6) is 0.686. The second-order valence-corrected chi connectivity index (χ2v) is 5.57. The highest BCUT2D eigenvalue weighted by atomic mass is 35.5. The number of hydrogen-bond acceptors (Lipinski definition) is 3. The van der Waals surface area contributed by atoms with Crippen molar-refractivity contribution < 1.29 is 9.53 Å². The van der Waals surface area contributed by atoms with E-state index in [1.165, 1.54) is 0 Å². The van der Waals surface area contributed by atoms with E-state index in [1.807, 2.05) is 20.2 Å². The predicted octanol–water partition coefficient (Wildman–Crippen LogP) is 2.40. The van der Waals surface area contributed by atoms with E-state index in [9.17, 15) is 4.79 Å². The van der Waals surface area contributed by atoms with Gasteiger partial charge in [-0.2, -0.15) is 0 Å². The molecule has 1 aliphatic heterocycles. The quantitative estimate of drug-likeness (QED) is 0.853. The van der Waals surface area contributed by atoms with Crippen molar-refractivity contribution in [1.29, 1.82) is 0 Å². The number of anilines is 1. The van der Waals surface area contributed by atoms with Crippen LogP contribution in [0.25, 0.3) is 0 Å². The Morgan fingerprint density at radius 3 is 2.79 bits per heavy atom. The van der Waals surface area contributed by atoms with Gasteiger partial charge in [0.05, 0.1) is 5.69 Å². The summed E-state index contributed by atoms with van der Waals surface area (Å²) in [4.78, 5) is 16.1. The molecular weight excluding hydrogens is 264 g/mol. The normalized spacial score (nSPS) is 20.2. The van der Waals surface area contributed by atoms with Crippen molar-refractivity contribution in [2.45, 2.75) is 26.0 Å². The Morgan fingerprint density at radius 2 is 2.16 bits per heavy atom. The second-order valence-electron chi connectivity index (χ2n) is 5.13. The van der Waals surface area contributed by atoms with Gasteiger partial charge in [-0.3, -0.25) is 4.79 Å². The molecule has 0 aliphatic carbocycles. The summed E-state index contributed by atoms with van der Waals surface area (Å²) in [5.41, 5.74) is 0.754. The third kappa shape index (κ3) is 2.85. The summed E-state index contributed by atoms with van der Waals surface area (Å²) >= 11 is 6.02. The Kier molecular flexibility index (Phi) is 4.02. The van der Waals surface area contributed by atoms with Crippen molar-refractivity contribution in [2.75, 3.05) is 25.5 Å². The molecule has 0 aromatic heterocycles. The second kappa shape index (κ2) is 5.39. The summed E-state index contributed by atoms with van der Waals surface area (Å²) in [6.07, 6.45) is -0.456. The van der Waals surface area contributed by atoms with E-state index in [0.717, 1.165) is 5.69 Å². The lowest BCUT2D eigenvalue weighted by atomic mass is 10.1. The maximum Gasteiger partial charge on any atom is 0.267 e. The van der Waals surface area contributed by atoms with Gasteiger partial charge in [-0.1, -0.05) is 11.6 Å². The topological polar surface area (TPSA) is 32.8 Å². The van der Waals surface area contributed by atoms with E-state index in [4.69, 9.17) is 16.3 Å². The average molecular weight is 283 g/mol. The highest BCUT2D eigenvalue weighted by Gasteiger charge is 2.32. The minimum absolute atomic E-state index is 0.0246. The first-order chi connectivity index (χ1) is 8.90. The first kappa shape index (κ1) is 14.2. The van der Waals surface area contributed by atoms with Gasteiger partial charge >= 0.3 is 0 Å². The molecule has 0 fully saturated rings. The van der Waals surface area contributed by atoms with Gasteiger partial charge in [0, 0.05) is 17.6 Å². The van der Waals surface area contributed by atoms with Gasteiger partial charge in [-0.15, -0.1) is 0 Å². The molecule has 1 amide bonds. The summed E-state index contributed by atoms with van der Waals surface area (Å²) in [5, 5.41) is 0.604. The van der Waals surface area contributed by atoms with Crippen molar-refractivity contribution in [3.63, 3.8) is 0 Å². The van der Waals surface area contributed by atoms with E-state index < -0.39 is 6.10 Å². The molecule has 1 heterocycles. The van der Waals surface area contributed by atoms with Crippen molar-refractivity contribution in [3.8, 4) is 5.75 Å². The number of hydrogen-bond donors (Lipinski definition) is 0. The van der Waals surface area contributed by atoms with Crippen molar-refractivity contribution in [1.82, 2.24) is 4.90 Å². The largest absolute Gasteiger partial charge is 0.479 e. The Bertz CT molecular complexity index is 490. The molecule has 0 saturated carbocycles. The predicted molar refractivity (Wildman–Crippen MR) is 77.0 cm³/mol. The molecule has 5 heteroatoms. The summed E-state index contributed by atoms with van der Waals surface area (Å²) in [6, 6.07) is 5.62. The lowest BCUT2D eigenvalue weighted by Crippen LogP contribution is -2.49. The Morgan fingerprint density at radius 1 is 1.47 bits per heavy atom. The molecule has 0 saturated heterocycles. The number of ether oxygens (including phenoxy) is 1. The number of halogens is 1. The molecule has 0 spiro atoms. The van der Waals surface area contributed by atoms with E-state index in [1.54, 1.807) is 24.0 Å². The third-order valence-corrected chi connectivity index (χ3v) is 3.69. The number of fused-ring (bicyclic) bond motifs is 1. The first-order valence-electron chi connectivity index (χ1n) is 6.34. The van der Waals surface area contributed by atoms with Crippen molar-refractivity contribution >= 4 is 23.2 Å². The molecule has 1 aliphatic rings. The molecule has 4 nitrogen and oxygen atoms in total. The standard InChI is InChI=1S/C14H19ClN2O2/c1-9(16(3)4)8-17-12-7-11(15)5-6-13(12)19-10(2)14(17)18/h5-7,9-10H,8H2,1-4H3. The molecule has 1 aromatic carbocycles. The number of nitrogens with zero attached hydrogens (tertiary/aromatic N) is 2. The molecule has 0 N–H and O–H groups in total. The van der Waals surface area contributed by atoms with Crippen LogP contribution in [0.15, 0.2) is 18.2 Å². The van der Waals surface area contributed by atoms with Crippen molar-refractivity contribution in [2.24, 2.45) is 0 Å². The molecule has 104 valence electrons. The molecular formula is C14H19ClN2O2. The Balaban J connectivity index is 2.35. The lowest BCUT2D eigenvalue weighted by Gasteiger charge is -2.36. The van der Waals surface area contributed by atoms with Crippen LogP contribution >= 0.6 is 11.6 Å². The van der Waals surface area contributed by atoms with Gasteiger partial charge in [0.15, 0.2) is 6.10 Å². The Labute approximate surface area is 118 Å². The SMILES string of the molecule is CC1Oc2ccc(Cl)cc2N(CC(C)N(C)C)C1=O. The first-order valence-corrected chi connectivity index (χ1v) is 6.72. The number of carbonyl (C=O) groups is 1. The third-order valence-electron chi connectivity index (χ3n) is 3.46. The monoisotopic (exact) mass is 282 g/mol. The number of benzene rings is 1. The summed E-state index contributed by atoms with van der Waals surface area (Å²) < 4.78 is 5.61. The number of rotatable bonds is 3. The van der Waals surface area contributed by atoms with E-state index in [-0.39, 0.29) is 11.9 Å². The van der Waals surface area contributed by atoms with Gasteiger partial charge in [0.25, 0.3) is 5.91 Å².